The van der Waals surface area contributed by atoms with Crippen molar-refractivity contribution in [2.45, 2.75) is 18.6 Å². The monoisotopic (exact) mass is 303 g/mol. The lowest BCUT2D eigenvalue weighted by molar-refractivity contribution is -0.144. The summed E-state index contributed by atoms with van der Waals surface area (Å²) in [5.74, 6) is -1.18. The molecule has 2 rings (SSSR count). The minimum Gasteiger partial charge on any atom is -0.394 e. The number of nitrogens with one attached hydrogen (secondary N) is 1. The quantitative estimate of drug-likeness (QED) is 0.912. The molecule has 1 atom stereocenters. The molecule has 1 aromatic heterocycles. The SMILES string of the molecule is CC(CO)(Nc1nc(C(F)(F)F)ns1)c1ccccc1. The van der Waals surface area contributed by atoms with E-state index in [1.54, 1.807) is 31.2 Å². The molecule has 0 aliphatic heterocycles. The van der Waals surface area contributed by atoms with Gasteiger partial charge in [-0.3, -0.25) is 0 Å². The van der Waals surface area contributed by atoms with E-state index in [-0.39, 0.29) is 11.7 Å². The highest BCUT2D eigenvalue weighted by Crippen LogP contribution is 2.31. The molecule has 1 aromatic carbocycles. The summed E-state index contributed by atoms with van der Waals surface area (Å²) in [7, 11) is 0. The first-order chi connectivity index (χ1) is 9.35. The van der Waals surface area contributed by atoms with Gasteiger partial charge in [0.25, 0.3) is 0 Å². The largest absolute Gasteiger partial charge is 0.452 e. The van der Waals surface area contributed by atoms with Crippen LogP contribution < -0.4 is 5.32 Å². The summed E-state index contributed by atoms with van der Waals surface area (Å²) in [5, 5.41) is 12.4. The van der Waals surface area contributed by atoms with Crippen LogP contribution in [-0.4, -0.2) is 21.1 Å². The van der Waals surface area contributed by atoms with E-state index in [0.29, 0.717) is 11.5 Å². The zero-order chi connectivity index (χ0) is 14.8. The van der Waals surface area contributed by atoms with Gasteiger partial charge in [-0.05, 0) is 12.5 Å². The molecular formula is C12H12F3N3OS. The van der Waals surface area contributed by atoms with Gasteiger partial charge in [0.1, 0.15) is 0 Å². The summed E-state index contributed by atoms with van der Waals surface area (Å²) in [6, 6.07) is 8.93. The Morgan fingerprint density at radius 3 is 2.40 bits per heavy atom. The Balaban J connectivity index is 2.25. The molecule has 0 aliphatic rings. The number of hydrogen-bond acceptors (Lipinski definition) is 5. The summed E-state index contributed by atoms with van der Waals surface area (Å²) in [4.78, 5) is 3.40. The number of halogens is 3. The number of anilines is 1. The Morgan fingerprint density at radius 1 is 1.25 bits per heavy atom. The topological polar surface area (TPSA) is 58.0 Å². The average molecular weight is 303 g/mol. The second-order valence-corrected chi connectivity index (χ2v) is 5.15. The van der Waals surface area contributed by atoms with Crippen molar-refractivity contribution in [1.82, 2.24) is 9.36 Å². The van der Waals surface area contributed by atoms with Crippen LogP contribution in [0.5, 0.6) is 0 Å². The lowest BCUT2D eigenvalue weighted by Crippen LogP contribution is -2.35. The summed E-state index contributed by atoms with van der Waals surface area (Å²) in [6.45, 7) is 1.38. The second kappa shape index (κ2) is 5.37. The maximum atomic E-state index is 12.4. The molecule has 2 N–H and O–H groups in total. The van der Waals surface area contributed by atoms with Crippen LogP contribution in [-0.2, 0) is 11.7 Å². The summed E-state index contributed by atoms with van der Waals surface area (Å²) < 4.78 is 40.6. The Bertz CT molecular complexity index is 573. The molecular weight excluding hydrogens is 291 g/mol. The Labute approximate surface area is 117 Å². The molecule has 0 amide bonds. The van der Waals surface area contributed by atoms with Gasteiger partial charge < -0.3 is 10.4 Å². The third-order valence-electron chi connectivity index (χ3n) is 2.79. The lowest BCUT2D eigenvalue weighted by atomic mass is 9.93. The molecule has 2 aromatic rings. The van der Waals surface area contributed by atoms with E-state index in [9.17, 15) is 18.3 Å². The number of benzene rings is 1. The van der Waals surface area contributed by atoms with Crippen LogP contribution in [0.3, 0.4) is 0 Å². The van der Waals surface area contributed by atoms with Gasteiger partial charge in [-0.1, -0.05) is 30.3 Å². The first-order valence-electron chi connectivity index (χ1n) is 5.70. The number of nitrogens with zero attached hydrogens (tertiary/aromatic N) is 2. The maximum absolute atomic E-state index is 12.4. The molecule has 0 aliphatic carbocycles. The molecule has 0 radical (unpaired) electrons. The number of aromatic nitrogens is 2. The van der Waals surface area contributed by atoms with E-state index in [0.717, 1.165) is 5.56 Å². The van der Waals surface area contributed by atoms with Crippen LogP contribution in [0.4, 0.5) is 18.3 Å². The van der Waals surface area contributed by atoms with Crippen molar-refractivity contribution in [3.8, 4) is 0 Å². The minimum atomic E-state index is -4.57. The molecule has 1 heterocycles. The average Bonchev–Trinajstić information content (AvgIpc) is 2.88. The molecule has 4 nitrogen and oxygen atoms in total. The van der Waals surface area contributed by atoms with Crippen LogP contribution in [0.2, 0.25) is 0 Å². The molecule has 8 heteroatoms. The number of aliphatic hydroxyl groups excluding tert-OH is 1. The fraction of sp³-hybridized carbons (Fsp3) is 0.333. The van der Waals surface area contributed by atoms with Gasteiger partial charge in [0, 0.05) is 11.5 Å². The zero-order valence-corrected chi connectivity index (χ0v) is 11.3. The predicted octanol–water partition coefficient (Wildman–Crippen LogP) is 2.88. The molecule has 20 heavy (non-hydrogen) atoms. The number of aliphatic hydroxyl groups is 1. The predicted molar refractivity (Wildman–Crippen MR) is 69.4 cm³/mol. The normalized spacial score (nSPS) is 14.8. The third-order valence-corrected chi connectivity index (χ3v) is 3.42. The maximum Gasteiger partial charge on any atom is 0.452 e. The van der Waals surface area contributed by atoms with Crippen molar-refractivity contribution in [1.29, 1.82) is 0 Å². The highest BCUT2D eigenvalue weighted by molar-refractivity contribution is 7.09. The van der Waals surface area contributed by atoms with Gasteiger partial charge in [-0.25, -0.2) is 0 Å². The van der Waals surface area contributed by atoms with Gasteiger partial charge >= 0.3 is 6.18 Å². The van der Waals surface area contributed by atoms with Crippen molar-refractivity contribution >= 4 is 16.7 Å². The Hall–Kier alpha value is -1.67. The van der Waals surface area contributed by atoms with E-state index in [2.05, 4.69) is 14.7 Å². The summed E-state index contributed by atoms with van der Waals surface area (Å²) in [6.07, 6.45) is -4.57. The zero-order valence-electron chi connectivity index (χ0n) is 10.5. The molecule has 1 unspecified atom stereocenters. The highest BCUT2D eigenvalue weighted by atomic mass is 32.1. The van der Waals surface area contributed by atoms with Gasteiger partial charge in [0.05, 0.1) is 12.1 Å². The van der Waals surface area contributed by atoms with Crippen LogP contribution in [0.15, 0.2) is 30.3 Å². The fourth-order valence-corrected chi connectivity index (χ4v) is 2.35. The van der Waals surface area contributed by atoms with E-state index in [1.165, 1.54) is 0 Å². The van der Waals surface area contributed by atoms with Crippen molar-refractivity contribution in [2.75, 3.05) is 11.9 Å². The van der Waals surface area contributed by atoms with E-state index < -0.39 is 17.5 Å². The molecule has 0 saturated carbocycles. The number of rotatable bonds is 4. The summed E-state index contributed by atoms with van der Waals surface area (Å²) >= 11 is 0.610. The fourth-order valence-electron chi connectivity index (χ4n) is 1.63. The van der Waals surface area contributed by atoms with Gasteiger partial charge in [-0.15, -0.1) is 0 Å². The molecule has 0 spiro atoms. The van der Waals surface area contributed by atoms with Crippen molar-refractivity contribution in [3.05, 3.63) is 41.7 Å². The van der Waals surface area contributed by atoms with Crippen LogP contribution >= 0.6 is 11.5 Å². The van der Waals surface area contributed by atoms with Gasteiger partial charge in [-0.2, -0.15) is 22.5 Å². The second-order valence-electron chi connectivity index (χ2n) is 4.40. The van der Waals surface area contributed by atoms with Crippen LogP contribution in [0.1, 0.15) is 18.3 Å². The highest BCUT2D eigenvalue weighted by Gasteiger charge is 2.37. The lowest BCUT2D eigenvalue weighted by Gasteiger charge is -2.28. The first-order valence-corrected chi connectivity index (χ1v) is 6.48. The number of alkyl halides is 3. The Kier molecular flexibility index (Phi) is 3.96. The first kappa shape index (κ1) is 14.7. The Morgan fingerprint density at radius 2 is 1.90 bits per heavy atom. The standard InChI is InChI=1S/C12H12F3N3OS/c1-11(7-19,8-5-3-2-4-6-8)17-10-16-9(18-20-10)12(13,14)15/h2-6,19H,7H2,1H3,(H,16,17,18). The van der Waals surface area contributed by atoms with E-state index >= 15 is 0 Å². The molecule has 0 saturated heterocycles. The minimum absolute atomic E-state index is 0.0118. The molecule has 0 bridgehead atoms. The van der Waals surface area contributed by atoms with Gasteiger partial charge in [0.2, 0.25) is 11.0 Å². The summed E-state index contributed by atoms with van der Waals surface area (Å²) in [5.41, 5.74) is -0.185. The van der Waals surface area contributed by atoms with Crippen LogP contribution in [0, 0.1) is 0 Å². The molecule has 0 fully saturated rings. The van der Waals surface area contributed by atoms with Crippen molar-refractivity contribution in [3.63, 3.8) is 0 Å². The number of hydrogen-bond donors (Lipinski definition) is 2. The van der Waals surface area contributed by atoms with Gasteiger partial charge in [0.15, 0.2) is 0 Å². The van der Waals surface area contributed by atoms with E-state index in [4.69, 9.17) is 0 Å². The third kappa shape index (κ3) is 3.07. The van der Waals surface area contributed by atoms with E-state index in [1.807, 2.05) is 6.07 Å². The van der Waals surface area contributed by atoms with Crippen LogP contribution in [0.25, 0.3) is 0 Å². The van der Waals surface area contributed by atoms with Crippen molar-refractivity contribution in [2.24, 2.45) is 0 Å². The smallest absolute Gasteiger partial charge is 0.394 e. The van der Waals surface area contributed by atoms with Crippen molar-refractivity contribution < 1.29 is 18.3 Å². The molecule has 108 valence electrons.